The van der Waals surface area contributed by atoms with E-state index in [-0.39, 0.29) is 12.5 Å². The van der Waals surface area contributed by atoms with Crippen molar-refractivity contribution in [2.24, 2.45) is 0 Å². The number of rotatable bonds is 8. The Hall–Kier alpha value is -4.45. The van der Waals surface area contributed by atoms with E-state index in [2.05, 4.69) is 5.32 Å². The zero-order chi connectivity index (χ0) is 24.9. The third kappa shape index (κ3) is 5.28. The summed E-state index contributed by atoms with van der Waals surface area (Å²) in [6, 6.07) is 29.2. The first-order chi connectivity index (χ1) is 17.6. The summed E-state index contributed by atoms with van der Waals surface area (Å²) >= 11 is 0. The minimum Gasteiger partial charge on any atom is -0.489 e. The molecule has 0 spiro atoms. The monoisotopic (exact) mass is 482 g/mol. The summed E-state index contributed by atoms with van der Waals surface area (Å²) in [5, 5.41) is 3.58. The fraction of sp³-hybridized carbons (Fsp3) is 0.100. The van der Waals surface area contributed by atoms with Gasteiger partial charge in [0, 0.05) is 30.2 Å². The van der Waals surface area contributed by atoms with Crippen LogP contribution in [0.1, 0.15) is 27.0 Å². The molecule has 1 amide bonds. The van der Waals surface area contributed by atoms with E-state index in [4.69, 9.17) is 4.74 Å². The molecule has 4 nitrogen and oxygen atoms in total. The van der Waals surface area contributed by atoms with Crippen LogP contribution < -0.4 is 10.1 Å². The van der Waals surface area contributed by atoms with Gasteiger partial charge in [0.15, 0.2) is 11.6 Å². The highest BCUT2D eigenvalue weighted by molar-refractivity contribution is 6.07. The fourth-order valence-electron chi connectivity index (χ4n) is 4.13. The number of hydrogen-bond donors (Lipinski definition) is 1. The average molecular weight is 483 g/mol. The predicted molar refractivity (Wildman–Crippen MR) is 136 cm³/mol. The van der Waals surface area contributed by atoms with Gasteiger partial charge in [-0.2, -0.15) is 0 Å². The maximum atomic E-state index is 13.6. The Morgan fingerprint density at radius 1 is 0.778 bits per heavy atom. The third-order valence-corrected chi connectivity index (χ3v) is 5.98. The van der Waals surface area contributed by atoms with Crippen molar-refractivity contribution in [3.05, 3.63) is 137 Å². The van der Waals surface area contributed by atoms with Crippen LogP contribution in [0.15, 0.2) is 103 Å². The van der Waals surface area contributed by atoms with Gasteiger partial charge in [0.2, 0.25) is 0 Å². The molecular formula is C30H24F2N2O2. The van der Waals surface area contributed by atoms with Gasteiger partial charge in [-0.1, -0.05) is 66.7 Å². The number of carbonyl (C=O) groups is 1. The Labute approximate surface area is 207 Å². The van der Waals surface area contributed by atoms with Gasteiger partial charge in [0.1, 0.15) is 12.4 Å². The highest BCUT2D eigenvalue weighted by Crippen LogP contribution is 2.28. The lowest BCUT2D eigenvalue weighted by Crippen LogP contribution is -2.22. The number of carbonyl (C=O) groups excluding carboxylic acids is 1. The maximum Gasteiger partial charge on any atom is 0.253 e. The van der Waals surface area contributed by atoms with Crippen LogP contribution in [0.3, 0.4) is 0 Å². The van der Waals surface area contributed by atoms with E-state index in [1.54, 1.807) is 0 Å². The molecule has 0 aliphatic rings. The molecule has 180 valence electrons. The zero-order valence-electron chi connectivity index (χ0n) is 19.5. The second-order valence-electron chi connectivity index (χ2n) is 8.54. The molecule has 0 saturated heterocycles. The fourth-order valence-corrected chi connectivity index (χ4v) is 4.13. The number of fused-ring (bicyclic) bond motifs is 1. The molecular weight excluding hydrogens is 458 g/mol. The topological polar surface area (TPSA) is 43.3 Å². The van der Waals surface area contributed by atoms with E-state index >= 15 is 0 Å². The van der Waals surface area contributed by atoms with Crippen molar-refractivity contribution in [1.29, 1.82) is 0 Å². The van der Waals surface area contributed by atoms with Crippen molar-refractivity contribution in [2.75, 3.05) is 0 Å². The number of nitrogens with one attached hydrogen (secondary N) is 1. The number of ether oxygens (including phenoxy) is 1. The summed E-state index contributed by atoms with van der Waals surface area (Å²) in [5.74, 6) is -1.52. The summed E-state index contributed by atoms with van der Waals surface area (Å²) in [6.07, 6.45) is 1.82. The number of nitrogens with zero attached hydrogens (tertiary/aromatic N) is 1. The number of hydrogen-bond acceptors (Lipinski definition) is 2. The molecule has 0 saturated carbocycles. The summed E-state index contributed by atoms with van der Waals surface area (Å²) < 4.78 is 34.9. The molecule has 36 heavy (non-hydrogen) atoms. The van der Waals surface area contributed by atoms with Gasteiger partial charge >= 0.3 is 0 Å². The number of aromatic nitrogens is 1. The van der Waals surface area contributed by atoms with Crippen LogP contribution in [-0.4, -0.2) is 10.5 Å². The molecule has 0 aliphatic heterocycles. The normalized spacial score (nSPS) is 10.9. The van der Waals surface area contributed by atoms with Crippen LogP contribution in [0, 0.1) is 11.6 Å². The first-order valence-electron chi connectivity index (χ1n) is 11.6. The average Bonchev–Trinajstić information content (AvgIpc) is 3.26. The Bertz CT molecular complexity index is 1500. The highest BCUT2D eigenvalue weighted by Gasteiger charge is 2.17. The first kappa shape index (κ1) is 23.3. The summed E-state index contributed by atoms with van der Waals surface area (Å²) in [6.45, 7) is 1.08. The number of benzene rings is 4. The standard InChI is InChI=1S/C30H24F2N2O2/c31-27-13-11-23(15-28(27)32)17-33-30(35)26-19-34(18-21-7-3-1-4-8-21)29-14-12-24(16-25(26)29)36-20-22-9-5-2-6-10-22/h1-16,19H,17-18,20H2,(H,33,35). The van der Waals surface area contributed by atoms with Gasteiger partial charge < -0.3 is 14.6 Å². The molecule has 5 aromatic rings. The van der Waals surface area contributed by atoms with Crippen LogP contribution in [0.2, 0.25) is 0 Å². The number of halogens is 2. The van der Waals surface area contributed by atoms with E-state index < -0.39 is 11.6 Å². The summed E-state index contributed by atoms with van der Waals surface area (Å²) in [5.41, 5.74) is 4.00. The van der Waals surface area contributed by atoms with E-state index in [0.29, 0.717) is 30.0 Å². The van der Waals surface area contributed by atoms with Crippen molar-refractivity contribution < 1.29 is 18.3 Å². The van der Waals surface area contributed by atoms with Crippen molar-refractivity contribution >= 4 is 16.8 Å². The minimum atomic E-state index is -0.943. The number of amides is 1. The quantitative estimate of drug-likeness (QED) is 0.275. The minimum absolute atomic E-state index is 0.0750. The Morgan fingerprint density at radius 2 is 1.50 bits per heavy atom. The van der Waals surface area contributed by atoms with Crippen LogP contribution in [0.4, 0.5) is 8.78 Å². The van der Waals surface area contributed by atoms with E-state index in [1.165, 1.54) is 6.07 Å². The van der Waals surface area contributed by atoms with Crippen LogP contribution in [0.25, 0.3) is 10.9 Å². The zero-order valence-corrected chi connectivity index (χ0v) is 19.5. The van der Waals surface area contributed by atoms with Crippen LogP contribution in [0.5, 0.6) is 5.75 Å². The molecule has 6 heteroatoms. The lowest BCUT2D eigenvalue weighted by Gasteiger charge is -2.09. The lowest BCUT2D eigenvalue weighted by atomic mass is 10.1. The van der Waals surface area contributed by atoms with Crippen molar-refractivity contribution in [3.8, 4) is 5.75 Å². The molecule has 0 unspecified atom stereocenters. The van der Waals surface area contributed by atoms with Gasteiger partial charge in [-0.15, -0.1) is 0 Å². The van der Waals surface area contributed by atoms with Crippen molar-refractivity contribution in [1.82, 2.24) is 9.88 Å². The summed E-state index contributed by atoms with van der Waals surface area (Å²) in [4.78, 5) is 13.2. The summed E-state index contributed by atoms with van der Waals surface area (Å²) in [7, 11) is 0. The molecule has 0 bridgehead atoms. The van der Waals surface area contributed by atoms with Gasteiger partial charge in [-0.3, -0.25) is 4.79 Å². The van der Waals surface area contributed by atoms with E-state index in [9.17, 15) is 13.6 Å². The highest BCUT2D eigenvalue weighted by atomic mass is 19.2. The molecule has 0 radical (unpaired) electrons. The van der Waals surface area contributed by atoms with E-state index in [0.717, 1.165) is 34.2 Å². The van der Waals surface area contributed by atoms with Gasteiger partial charge in [-0.05, 0) is 47.0 Å². The first-order valence-corrected chi connectivity index (χ1v) is 11.6. The Morgan fingerprint density at radius 3 is 2.22 bits per heavy atom. The molecule has 4 aromatic carbocycles. The second kappa shape index (κ2) is 10.4. The van der Waals surface area contributed by atoms with E-state index in [1.807, 2.05) is 89.6 Å². The third-order valence-electron chi connectivity index (χ3n) is 5.98. The maximum absolute atomic E-state index is 13.6. The van der Waals surface area contributed by atoms with Crippen molar-refractivity contribution in [3.63, 3.8) is 0 Å². The SMILES string of the molecule is O=C(NCc1ccc(F)c(F)c1)c1cn(Cc2ccccc2)c2ccc(OCc3ccccc3)cc12. The molecule has 0 aliphatic carbocycles. The molecule has 1 aromatic heterocycles. The largest absolute Gasteiger partial charge is 0.489 e. The molecule has 5 rings (SSSR count). The van der Waals surface area contributed by atoms with Crippen LogP contribution >= 0.6 is 0 Å². The van der Waals surface area contributed by atoms with Gasteiger partial charge in [0.25, 0.3) is 5.91 Å². The lowest BCUT2D eigenvalue weighted by molar-refractivity contribution is 0.0952. The Kier molecular flexibility index (Phi) is 6.76. The molecule has 1 N–H and O–H groups in total. The molecule has 0 fully saturated rings. The molecule has 0 atom stereocenters. The second-order valence-corrected chi connectivity index (χ2v) is 8.54. The van der Waals surface area contributed by atoms with Crippen LogP contribution in [-0.2, 0) is 19.7 Å². The Balaban J connectivity index is 1.43. The predicted octanol–water partition coefficient (Wildman–Crippen LogP) is 6.48. The van der Waals surface area contributed by atoms with Gasteiger partial charge in [0.05, 0.1) is 5.56 Å². The smallest absolute Gasteiger partial charge is 0.253 e. The van der Waals surface area contributed by atoms with Gasteiger partial charge in [-0.25, -0.2) is 8.78 Å². The molecule has 1 heterocycles. The van der Waals surface area contributed by atoms with Crippen molar-refractivity contribution in [2.45, 2.75) is 19.7 Å².